The molecule has 0 saturated carbocycles. The number of benzene rings is 1. The van der Waals surface area contributed by atoms with Gasteiger partial charge in [-0.1, -0.05) is 82.7 Å². The number of aliphatic hydroxyl groups is 1. The fourth-order valence-electron chi connectivity index (χ4n) is 3.06. The van der Waals surface area contributed by atoms with Gasteiger partial charge >= 0.3 is 0 Å². The van der Waals surface area contributed by atoms with Crippen molar-refractivity contribution in [1.29, 1.82) is 0 Å². The fourth-order valence-corrected chi connectivity index (χ4v) is 3.06. The van der Waals surface area contributed by atoms with Crippen LogP contribution in [0, 0.1) is 5.92 Å². The standard InChI is InChI=1S/C19H32O/c1-4-6-7-8-10-14-17(13-5-2)19(3,20)18-15-11-9-12-16-18/h9,11-12,15-17,20H,4-8,10,13-14H2,1-3H3. The summed E-state index contributed by atoms with van der Waals surface area (Å²) < 4.78 is 0. The molecule has 2 atom stereocenters. The van der Waals surface area contributed by atoms with Gasteiger partial charge in [0.15, 0.2) is 0 Å². The Morgan fingerprint density at radius 1 is 0.900 bits per heavy atom. The normalized spacial score (nSPS) is 15.8. The number of hydrogen-bond donors (Lipinski definition) is 1. The van der Waals surface area contributed by atoms with Crippen LogP contribution in [0.4, 0.5) is 0 Å². The van der Waals surface area contributed by atoms with Crippen LogP contribution >= 0.6 is 0 Å². The van der Waals surface area contributed by atoms with Gasteiger partial charge in [0.05, 0.1) is 5.60 Å². The predicted molar refractivity (Wildman–Crippen MR) is 87.8 cm³/mol. The van der Waals surface area contributed by atoms with Crippen LogP contribution in [0.25, 0.3) is 0 Å². The summed E-state index contributed by atoms with van der Waals surface area (Å²) in [5.74, 6) is 0.372. The van der Waals surface area contributed by atoms with E-state index in [4.69, 9.17) is 0 Å². The minimum Gasteiger partial charge on any atom is -0.385 e. The molecule has 1 heteroatoms. The first-order valence-corrected chi connectivity index (χ1v) is 8.40. The Morgan fingerprint density at radius 3 is 2.15 bits per heavy atom. The first kappa shape index (κ1) is 17.2. The van der Waals surface area contributed by atoms with E-state index < -0.39 is 5.60 Å². The molecular weight excluding hydrogens is 244 g/mol. The Balaban J connectivity index is 2.59. The van der Waals surface area contributed by atoms with Crippen molar-refractivity contribution in [2.45, 2.75) is 77.7 Å². The van der Waals surface area contributed by atoms with Crippen molar-refractivity contribution >= 4 is 0 Å². The molecule has 0 bridgehead atoms. The maximum Gasteiger partial charge on any atom is 0.0896 e. The molecule has 0 heterocycles. The Hall–Kier alpha value is -0.820. The lowest BCUT2D eigenvalue weighted by Crippen LogP contribution is -2.31. The van der Waals surface area contributed by atoms with E-state index in [1.54, 1.807) is 0 Å². The highest BCUT2D eigenvalue weighted by Crippen LogP contribution is 2.35. The third-order valence-corrected chi connectivity index (χ3v) is 4.45. The molecule has 2 unspecified atom stereocenters. The summed E-state index contributed by atoms with van der Waals surface area (Å²) in [6.07, 6.45) is 9.90. The molecule has 1 aromatic carbocycles. The first-order valence-electron chi connectivity index (χ1n) is 8.40. The Labute approximate surface area is 125 Å². The van der Waals surface area contributed by atoms with Crippen LogP contribution in [0.2, 0.25) is 0 Å². The number of unbranched alkanes of at least 4 members (excludes halogenated alkanes) is 4. The molecule has 1 N–H and O–H groups in total. The van der Waals surface area contributed by atoms with E-state index >= 15 is 0 Å². The van der Waals surface area contributed by atoms with E-state index in [1.807, 2.05) is 25.1 Å². The van der Waals surface area contributed by atoms with Crippen LogP contribution in [0.3, 0.4) is 0 Å². The zero-order chi connectivity index (χ0) is 14.8. The Bertz CT molecular complexity index is 342. The van der Waals surface area contributed by atoms with Gasteiger partial charge in [0, 0.05) is 0 Å². The van der Waals surface area contributed by atoms with Gasteiger partial charge in [-0.15, -0.1) is 0 Å². The van der Waals surface area contributed by atoms with E-state index in [2.05, 4.69) is 26.0 Å². The largest absolute Gasteiger partial charge is 0.385 e. The second kappa shape index (κ2) is 9.18. The van der Waals surface area contributed by atoms with Gasteiger partial charge in [-0.25, -0.2) is 0 Å². The molecule has 0 aliphatic heterocycles. The fraction of sp³-hybridized carbons (Fsp3) is 0.684. The summed E-state index contributed by atoms with van der Waals surface area (Å²) in [7, 11) is 0. The zero-order valence-corrected chi connectivity index (χ0v) is 13.6. The molecule has 0 saturated heterocycles. The lowest BCUT2D eigenvalue weighted by atomic mass is 9.77. The van der Waals surface area contributed by atoms with Crippen molar-refractivity contribution in [3.8, 4) is 0 Å². The molecule has 0 aromatic heterocycles. The summed E-state index contributed by atoms with van der Waals surface area (Å²) in [6.45, 7) is 6.46. The molecule has 0 spiro atoms. The maximum absolute atomic E-state index is 11.0. The van der Waals surface area contributed by atoms with Gasteiger partial charge in [0.2, 0.25) is 0 Å². The Kier molecular flexibility index (Phi) is 7.91. The van der Waals surface area contributed by atoms with Crippen molar-refractivity contribution in [1.82, 2.24) is 0 Å². The molecule has 1 rings (SSSR count). The molecule has 114 valence electrons. The summed E-state index contributed by atoms with van der Waals surface area (Å²) >= 11 is 0. The van der Waals surface area contributed by atoms with Crippen LogP contribution in [-0.4, -0.2) is 5.11 Å². The summed E-state index contributed by atoms with van der Waals surface area (Å²) in [6, 6.07) is 10.2. The van der Waals surface area contributed by atoms with Crippen LogP contribution in [0.15, 0.2) is 30.3 Å². The molecule has 20 heavy (non-hydrogen) atoms. The molecule has 1 aromatic rings. The number of rotatable bonds is 10. The average Bonchev–Trinajstić information content (AvgIpc) is 2.46. The SMILES string of the molecule is CCCCCCCC(CCC)C(C)(O)c1ccccc1. The zero-order valence-electron chi connectivity index (χ0n) is 13.6. The van der Waals surface area contributed by atoms with Gasteiger partial charge in [-0.3, -0.25) is 0 Å². The first-order chi connectivity index (χ1) is 9.62. The lowest BCUT2D eigenvalue weighted by Gasteiger charge is -2.33. The van der Waals surface area contributed by atoms with Crippen molar-refractivity contribution in [3.05, 3.63) is 35.9 Å². The third-order valence-electron chi connectivity index (χ3n) is 4.45. The number of hydrogen-bond acceptors (Lipinski definition) is 1. The van der Waals surface area contributed by atoms with E-state index in [-0.39, 0.29) is 0 Å². The highest BCUT2D eigenvalue weighted by Gasteiger charge is 2.32. The van der Waals surface area contributed by atoms with E-state index in [0.29, 0.717) is 5.92 Å². The van der Waals surface area contributed by atoms with Crippen LogP contribution < -0.4 is 0 Å². The predicted octanol–water partition coefficient (Wildman–Crippen LogP) is 5.67. The second-order valence-corrected chi connectivity index (χ2v) is 6.20. The second-order valence-electron chi connectivity index (χ2n) is 6.20. The highest BCUT2D eigenvalue weighted by molar-refractivity contribution is 5.22. The van der Waals surface area contributed by atoms with Gasteiger partial charge in [-0.05, 0) is 31.2 Å². The molecule has 0 amide bonds. The summed E-state index contributed by atoms with van der Waals surface area (Å²) in [5, 5.41) is 11.0. The van der Waals surface area contributed by atoms with Crippen molar-refractivity contribution in [3.63, 3.8) is 0 Å². The van der Waals surface area contributed by atoms with Crippen LogP contribution in [-0.2, 0) is 5.60 Å². The molecule has 1 nitrogen and oxygen atoms in total. The van der Waals surface area contributed by atoms with E-state index in [0.717, 1.165) is 24.8 Å². The van der Waals surface area contributed by atoms with Gasteiger partial charge in [0.25, 0.3) is 0 Å². The monoisotopic (exact) mass is 276 g/mol. The average molecular weight is 276 g/mol. The smallest absolute Gasteiger partial charge is 0.0896 e. The summed E-state index contributed by atoms with van der Waals surface area (Å²) in [4.78, 5) is 0. The topological polar surface area (TPSA) is 20.2 Å². The third kappa shape index (κ3) is 5.28. The maximum atomic E-state index is 11.0. The molecular formula is C19H32O. The van der Waals surface area contributed by atoms with Crippen LogP contribution in [0.1, 0.15) is 77.7 Å². The van der Waals surface area contributed by atoms with E-state index in [9.17, 15) is 5.11 Å². The lowest BCUT2D eigenvalue weighted by molar-refractivity contribution is -0.0148. The molecule has 0 aliphatic rings. The summed E-state index contributed by atoms with van der Waals surface area (Å²) in [5.41, 5.74) is 0.370. The van der Waals surface area contributed by atoms with Gasteiger partial charge in [-0.2, -0.15) is 0 Å². The van der Waals surface area contributed by atoms with Gasteiger partial charge in [0.1, 0.15) is 0 Å². The molecule has 0 radical (unpaired) electrons. The van der Waals surface area contributed by atoms with Crippen LogP contribution in [0.5, 0.6) is 0 Å². The van der Waals surface area contributed by atoms with Crippen molar-refractivity contribution in [2.24, 2.45) is 5.92 Å². The van der Waals surface area contributed by atoms with Crippen molar-refractivity contribution < 1.29 is 5.11 Å². The highest BCUT2D eigenvalue weighted by atomic mass is 16.3. The Morgan fingerprint density at radius 2 is 1.55 bits per heavy atom. The quantitative estimate of drug-likeness (QED) is 0.546. The minimum absolute atomic E-state index is 0.372. The van der Waals surface area contributed by atoms with E-state index in [1.165, 1.54) is 32.1 Å². The van der Waals surface area contributed by atoms with Crippen molar-refractivity contribution in [2.75, 3.05) is 0 Å². The van der Waals surface area contributed by atoms with Gasteiger partial charge < -0.3 is 5.11 Å². The minimum atomic E-state index is -0.692. The molecule has 0 fully saturated rings. The molecule has 0 aliphatic carbocycles.